The van der Waals surface area contributed by atoms with Gasteiger partial charge in [-0.3, -0.25) is 9.89 Å². The molecule has 3 saturated heterocycles. The Hall–Kier alpha value is -0.800. The lowest BCUT2D eigenvalue weighted by Gasteiger charge is -2.27. The van der Waals surface area contributed by atoms with Crippen LogP contribution in [0, 0.1) is 12.3 Å². The maximum Gasteiger partial charge on any atom is 0.194 e. The van der Waals surface area contributed by atoms with E-state index >= 15 is 0 Å². The Balaban J connectivity index is 0.00000225. The number of halogens is 1. The second-order valence-electron chi connectivity index (χ2n) is 8.38. The van der Waals surface area contributed by atoms with E-state index in [0.717, 1.165) is 70.0 Å². The van der Waals surface area contributed by atoms with E-state index in [4.69, 9.17) is 14.1 Å². The summed E-state index contributed by atoms with van der Waals surface area (Å²) in [5.74, 6) is 3.08. The van der Waals surface area contributed by atoms with Crippen LogP contribution in [0.1, 0.15) is 50.2 Å². The first-order valence-corrected chi connectivity index (χ1v) is 10.6. The monoisotopic (exact) mass is 502 g/mol. The van der Waals surface area contributed by atoms with Gasteiger partial charge in [0.2, 0.25) is 0 Å². The second-order valence-corrected chi connectivity index (χ2v) is 8.38. The van der Waals surface area contributed by atoms with Gasteiger partial charge in [-0.25, -0.2) is 0 Å². The summed E-state index contributed by atoms with van der Waals surface area (Å²) in [5, 5.41) is 3.52. The zero-order valence-electron chi connectivity index (χ0n) is 17.3. The van der Waals surface area contributed by atoms with Gasteiger partial charge in [0, 0.05) is 31.7 Å². The first kappa shape index (κ1) is 21.9. The number of likely N-dealkylation sites (tertiary alicyclic amines) is 2. The third kappa shape index (κ3) is 4.84. The molecule has 2 unspecified atom stereocenters. The number of aryl methyl sites for hydroxylation is 1. The van der Waals surface area contributed by atoms with Crippen LogP contribution in [0.5, 0.6) is 0 Å². The smallest absolute Gasteiger partial charge is 0.194 e. The Labute approximate surface area is 186 Å². The van der Waals surface area contributed by atoms with Gasteiger partial charge < -0.3 is 19.4 Å². The molecule has 1 spiro atoms. The summed E-state index contributed by atoms with van der Waals surface area (Å²) in [6.07, 6.45) is 4.94. The molecule has 7 heteroatoms. The van der Waals surface area contributed by atoms with E-state index in [1.165, 1.54) is 25.7 Å². The number of guanidine groups is 1. The number of hydrogen-bond acceptors (Lipinski definition) is 4. The van der Waals surface area contributed by atoms with Gasteiger partial charge in [-0.1, -0.05) is 0 Å². The lowest BCUT2D eigenvalue weighted by Crippen LogP contribution is -2.42. The maximum atomic E-state index is 5.99. The van der Waals surface area contributed by atoms with Crippen molar-refractivity contribution in [3.63, 3.8) is 0 Å². The normalized spacial score (nSPS) is 26.8. The molecule has 28 heavy (non-hydrogen) atoms. The SMILES string of the molecule is CCNC(=NCC(c1ccc(C)o1)N1CCCC1)N1CCC2(CCOC2)C1.I. The molecule has 0 radical (unpaired) electrons. The average molecular weight is 502 g/mol. The van der Waals surface area contributed by atoms with Crippen LogP contribution >= 0.6 is 24.0 Å². The molecule has 2 atom stereocenters. The highest BCUT2D eigenvalue weighted by Gasteiger charge is 2.42. The van der Waals surface area contributed by atoms with Gasteiger partial charge in [0.05, 0.1) is 19.2 Å². The number of hydrogen-bond donors (Lipinski definition) is 1. The Bertz CT molecular complexity index is 651. The van der Waals surface area contributed by atoms with Crippen molar-refractivity contribution in [2.24, 2.45) is 10.4 Å². The third-order valence-corrected chi connectivity index (χ3v) is 6.34. The van der Waals surface area contributed by atoms with E-state index in [-0.39, 0.29) is 30.0 Å². The van der Waals surface area contributed by atoms with Crippen LogP contribution in [-0.4, -0.2) is 68.2 Å². The van der Waals surface area contributed by atoms with Crippen LogP contribution in [0.25, 0.3) is 0 Å². The van der Waals surface area contributed by atoms with Gasteiger partial charge in [-0.05, 0) is 64.8 Å². The van der Waals surface area contributed by atoms with Crippen LogP contribution in [0.15, 0.2) is 21.5 Å². The fourth-order valence-corrected chi connectivity index (χ4v) is 4.76. The number of nitrogens with zero attached hydrogens (tertiary/aromatic N) is 3. The van der Waals surface area contributed by atoms with Crippen molar-refractivity contribution in [2.45, 2.75) is 45.6 Å². The summed E-state index contributed by atoms with van der Waals surface area (Å²) in [5.41, 5.74) is 0.350. The molecule has 4 heterocycles. The first-order chi connectivity index (χ1) is 13.2. The van der Waals surface area contributed by atoms with E-state index in [1.807, 2.05) is 6.92 Å². The zero-order chi connectivity index (χ0) is 18.7. The minimum absolute atomic E-state index is 0. The number of ether oxygens (including phenoxy) is 1. The van der Waals surface area contributed by atoms with Gasteiger partial charge >= 0.3 is 0 Å². The van der Waals surface area contributed by atoms with Crippen molar-refractivity contribution in [1.29, 1.82) is 0 Å². The van der Waals surface area contributed by atoms with Gasteiger partial charge in [0.25, 0.3) is 0 Å². The van der Waals surface area contributed by atoms with Crippen LogP contribution in [-0.2, 0) is 4.74 Å². The highest BCUT2D eigenvalue weighted by Crippen LogP contribution is 2.38. The number of furan rings is 1. The lowest BCUT2D eigenvalue weighted by molar-refractivity contribution is 0.156. The fourth-order valence-electron chi connectivity index (χ4n) is 4.76. The molecule has 1 N–H and O–H groups in total. The lowest BCUT2D eigenvalue weighted by atomic mass is 9.87. The summed E-state index contributed by atoms with van der Waals surface area (Å²) >= 11 is 0. The molecule has 0 saturated carbocycles. The Kier molecular flexibility index (Phi) is 7.67. The van der Waals surface area contributed by atoms with E-state index < -0.39 is 0 Å². The van der Waals surface area contributed by atoms with Crippen molar-refractivity contribution in [3.8, 4) is 0 Å². The van der Waals surface area contributed by atoms with Gasteiger partial charge in [-0.2, -0.15) is 0 Å². The molecule has 0 aromatic carbocycles. The van der Waals surface area contributed by atoms with Gasteiger partial charge in [-0.15, -0.1) is 24.0 Å². The molecule has 1 aromatic heterocycles. The van der Waals surface area contributed by atoms with E-state index in [1.54, 1.807) is 0 Å². The molecule has 3 fully saturated rings. The zero-order valence-corrected chi connectivity index (χ0v) is 19.6. The van der Waals surface area contributed by atoms with Crippen LogP contribution < -0.4 is 5.32 Å². The van der Waals surface area contributed by atoms with Crippen LogP contribution in [0.3, 0.4) is 0 Å². The molecular formula is C21H35IN4O2. The molecule has 1 aromatic rings. The average Bonchev–Trinajstić information content (AvgIpc) is 3.45. The highest BCUT2D eigenvalue weighted by molar-refractivity contribution is 14.0. The largest absolute Gasteiger partial charge is 0.465 e. The fraction of sp³-hybridized carbons (Fsp3) is 0.762. The van der Waals surface area contributed by atoms with Crippen molar-refractivity contribution >= 4 is 29.9 Å². The third-order valence-electron chi connectivity index (χ3n) is 6.34. The second kappa shape index (κ2) is 9.80. The summed E-state index contributed by atoms with van der Waals surface area (Å²) in [6, 6.07) is 4.43. The first-order valence-electron chi connectivity index (χ1n) is 10.6. The number of nitrogens with one attached hydrogen (secondary N) is 1. The molecule has 3 aliphatic rings. The molecule has 0 aliphatic carbocycles. The minimum Gasteiger partial charge on any atom is -0.465 e. The van der Waals surface area contributed by atoms with E-state index in [0.29, 0.717) is 5.41 Å². The van der Waals surface area contributed by atoms with Gasteiger partial charge in [0.1, 0.15) is 11.5 Å². The predicted octanol–water partition coefficient (Wildman–Crippen LogP) is 3.42. The standard InChI is InChI=1S/C21H34N4O2.HI/c1-3-22-20(25-12-8-21(15-25)9-13-26-16-21)23-14-18(24-10-4-5-11-24)19-7-6-17(2)27-19;/h6-7,18H,3-5,8-16H2,1-2H3,(H,22,23);1H. The summed E-state index contributed by atoms with van der Waals surface area (Å²) in [4.78, 5) is 10.0. The summed E-state index contributed by atoms with van der Waals surface area (Å²) in [6.45, 7) is 12.0. The van der Waals surface area contributed by atoms with Crippen molar-refractivity contribution < 1.29 is 9.15 Å². The Morgan fingerprint density at radius 1 is 1.25 bits per heavy atom. The Morgan fingerprint density at radius 3 is 2.71 bits per heavy atom. The number of rotatable bonds is 5. The van der Waals surface area contributed by atoms with E-state index in [9.17, 15) is 0 Å². The molecule has 6 nitrogen and oxygen atoms in total. The molecule has 0 amide bonds. The van der Waals surface area contributed by atoms with Crippen LogP contribution in [0.2, 0.25) is 0 Å². The van der Waals surface area contributed by atoms with Crippen molar-refractivity contribution in [2.75, 3.05) is 52.5 Å². The molecule has 3 aliphatic heterocycles. The van der Waals surface area contributed by atoms with E-state index in [2.05, 4.69) is 34.2 Å². The van der Waals surface area contributed by atoms with Crippen molar-refractivity contribution in [3.05, 3.63) is 23.7 Å². The topological polar surface area (TPSA) is 53.2 Å². The highest BCUT2D eigenvalue weighted by atomic mass is 127. The van der Waals surface area contributed by atoms with Gasteiger partial charge in [0.15, 0.2) is 5.96 Å². The molecule has 0 bridgehead atoms. The predicted molar refractivity (Wildman–Crippen MR) is 122 cm³/mol. The maximum absolute atomic E-state index is 5.99. The summed E-state index contributed by atoms with van der Waals surface area (Å²) in [7, 11) is 0. The summed E-state index contributed by atoms with van der Waals surface area (Å²) < 4.78 is 11.7. The van der Waals surface area contributed by atoms with Crippen molar-refractivity contribution in [1.82, 2.24) is 15.1 Å². The quantitative estimate of drug-likeness (QED) is 0.380. The molecule has 158 valence electrons. The number of aliphatic imine (C=N–C) groups is 1. The Morgan fingerprint density at radius 2 is 2.07 bits per heavy atom. The molecular weight excluding hydrogens is 467 g/mol. The minimum atomic E-state index is 0. The van der Waals surface area contributed by atoms with Crippen LogP contribution in [0.4, 0.5) is 0 Å². The molecule has 4 rings (SSSR count).